The molecule has 0 spiro atoms. The molecule has 1 heterocycles. The average Bonchev–Trinajstić information content (AvgIpc) is 2.50. The highest BCUT2D eigenvalue weighted by atomic mass is 35.5. The van der Waals surface area contributed by atoms with Gasteiger partial charge in [0.15, 0.2) is 0 Å². The third kappa shape index (κ3) is 4.72. The molecule has 2 atom stereocenters. The summed E-state index contributed by atoms with van der Waals surface area (Å²) in [4.78, 5) is 24.2. The Bertz CT molecular complexity index is 633. The zero-order chi connectivity index (χ0) is 17.7. The largest absolute Gasteiger partial charge is 0.463 e. The molecule has 2 rings (SSSR count). The SMILES string of the molecule is C=C1NC(=O)N[C@@H](c2cccc(Cl)c2)[C@@H]1C(=O)OCCOC(C)C. The van der Waals surface area contributed by atoms with Gasteiger partial charge < -0.3 is 20.1 Å². The molecule has 0 aliphatic carbocycles. The summed E-state index contributed by atoms with van der Waals surface area (Å²) in [7, 11) is 0. The number of nitrogens with one attached hydrogen (secondary N) is 2. The van der Waals surface area contributed by atoms with Crippen LogP contribution in [0.3, 0.4) is 0 Å². The van der Waals surface area contributed by atoms with Gasteiger partial charge in [0.25, 0.3) is 0 Å². The standard InChI is InChI=1S/C17H21ClN2O4/c1-10(2)23-7-8-24-16(21)14-11(3)19-17(22)20-15(14)12-5-4-6-13(18)9-12/h4-6,9-10,14-15H,3,7-8H2,1-2H3,(H2,19,20,22)/t14-,15+/m1/s1. The molecule has 2 N–H and O–H groups in total. The van der Waals surface area contributed by atoms with E-state index in [1.54, 1.807) is 24.3 Å². The van der Waals surface area contributed by atoms with Crippen molar-refractivity contribution in [3.05, 3.63) is 47.1 Å². The molecule has 1 aliphatic rings. The van der Waals surface area contributed by atoms with Gasteiger partial charge in [-0.25, -0.2) is 4.79 Å². The number of esters is 1. The van der Waals surface area contributed by atoms with E-state index in [9.17, 15) is 9.59 Å². The lowest BCUT2D eigenvalue weighted by Crippen LogP contribution is -2.51. The van der Waals surface area contributed by atoms with Crippen molar-refractivity contribution in [2.24, 2.45) is 5.92 Å². The third-order valence-corrected chi connectivity index (χ3v) is 3.75. The van der Waals surface area contributed by atoms with E-state index < -0.39 is 24.0 Å². The molecular formula is C17H21ClN2O4. The number of amides is 2. The van der Waals surface area contributed by atoms with Crippen molar-refractivity contribution in [2.45, 2.75) is 26.0 Å². The molecule has 2 amide bonds. The van der Waals surface area contributed by atoms with E-state index in [0.717, 1.165) is 0 Å². The second-order valence-electron chi connectivity index (χ2n) is 5.72. The summed E-state index contributed by atoms with van der Waals surface area (Å²) < 4.78 is 10.6. The summed E-state index contributed by atoms with van der Waals surface area (Å²) in [6.45, 7) is 8.03. The molecule has 130 valence electrons. The second kappa shape index (κ2) is 8.17. The lowest BCUT2D eigenvalue weighted by atomic mass is 9.89. The summed E-state index contributed by atoms with van der Waals surface area (Å²) in [5.74, 6) is -1.23. The van der Waals surface area contributed by atoms with Crippen molar-refractivity contribution in [1.29, 1.82) is 0 Å². The summed E-state index contributed by atoms with van der Waals surface area (Å²) in [6.07, 6.45) is 0.0634. The first-order chi connectivity index (χ1) is 11.4. The van der Waals surface area contributed by atoms with Gasteiger partial charge in [0.2, 0.25) is 0 Å². The van der Waals surface area contributed by atoms with Crippen molar-refractivity contribution in [3.8, 4) is 0 Å². The van der Waals surface area contributed by atoms with E-state index >= 15 is 0 Å². The number of halogens is 1. The van der Waals surface area contributed by atoms with Crippen molar-refractivity contribution in [3.63, 3.8) is 0 Å². The molecule has 7 heteroatoms. The maximum Gasteiger partial charge on any atom is 0.319 e. The van der Waals surface area contributed by atoms with E-state index in [1.165, 1.54) is 0 Å². The van der Waals surface area contributed by atoms with Crippen LogP contribution >= 0.6 is 11.6 Å². The van der Waals surface area contributed by atoms with E-state index in [4.69, 9.17) is 21.1 Å². The summed E-state index contributed by atoms with van der Waals surface area (Å²) in [6, 6.07) is 5.96. The van der Waals surface area contributed by atoms with Gasteiger partial charge in [0.1, 0.15) is 12.5 Å². The van der Waals surface area contributed by atoms with Gasteiger partial charge in [0, 0.05) is 10.7 Å². The zero-order valence-electron chi connectivity index (χ0n) is 13.7. The fourth-order valence-corrected chi connectivity index (χ4v) is 2.65. The van der Waals surface area contributed by atoms with Crippen LogP contribution in [0.25, 0.3) is 0 Å². The fourth-order valence-electron chi connectivity index (χ4n) is 2.46. The van der Waals surface area contributed by atoms with Crippen LogP contribution < -0.4 is 10.6 Å². The average molecular weight is 353 g/mol. The number of carbonyl (C=O) groups is 2. The van der Waals surface area contributed by atoms with Crippen LogP contribution in [-0.2, 0) is 14.3 Å². The molecule has 6 nitrogen and oxygen atoms in total. The number of carbonyl (C=O) groups excluding carboxylic acids is 2. The Morgan fingerprint density at radius 1 is 1.38 bits per heavy atom. The lowest BCUT2D eigenvalue weighted by Gasteiger charge is -2.33. The molecule has 0 saturated carbocycles. The Kier molecular flexibility index (Phi) is 6.23. The minimum absolute atomic E-state index is 0.0634. The Hall–Kier alpha value is -2.05. The highest BCUT2D eigenvalue weighted by Gasteiger charge is 2.38. The normalized spacial score (nSPS) is 20.5. The first kappa shape index (κ1) is 18.3. The van der Waals surface area contributed by atoms with Gasteiger partial charge in [-0.1, -0.05) is 30.3 Å². The fraction of sp³-hybridized carbons (Fsp3) is 0.412. The van der Waals surface area contributed by atoms with Gasteiger partial charge in [-0.3, -0.25) is 4.79 Å². The predicted octanol–water partition coefficient (Wildman–Crippen LogP) is 2.79. The van der Waals surface area contributed by atoms with Gasteiger partial charge in [-0.2, -0.15) is 0 Å². The van der Waals surface area contributed by atoms with Gasteiger partial charge in [-0.05, 0) is 31.5 Å². The smallest absolute Gasteiger partial charge is 0.319 e. The van der Waals surface area contributed by atoms with Gasteiger partial charge >= 0.3 is 12.0 Å². The number of hydrogen-bond donors (Lipinski definition) is 2. The predicted molar refractivity (Wildman–Crippen MR) is 90.5 cm³/mol. The van der Waals surface area contributed by atoms with Crippen LogP contribution in [0, 0.1) is 5.92 Å². The van der Waals surface area contributed by atoms with Crippen molar-refractivity contribution in [2.75, 3.05) is 13.2 Å². The highest BCUT2D eigenvalue weighted by molar-refractivity contribution is 6.30. The molecule has 0 unspecified atom stereocenters. The Labute approximate surface area is 146 Å². The maximum absolute atomic E-state index is 12.5. The highest BCUT2D eigenvalue weighted by Crippen LogP contribution is 2.31. The Balaban J connectivity index is 2.12. The minimum atomic E-state index is -0.750. The molecule has 1 aromatic carbocycles. The Morgan fingerprint density at radius 2 is 2.12 bits per heavy atom. The molecule has 1 aromatic rings. The molecule has 0 radical (unpaired) electrons. The third-order valence-electron chi connectivity index (χ3n) is 3.51. The van der Waals surface area contributed by atoms with Crippen molar-refractivity contribution >= 4 is 23.6 Å². The molecular weight excluding hydrogens is 332 g/mol. The number of rotatable bonds is 6. The number of benzene rings is 1. The number of urea groups is 1. The summed E-state index contributed by atoms with van der Waals surface area (Å²) in [5.41, 5.74) is 0.998. The molecule has 24 heavy (non-hydrogen) atoms. The van der Waals surface area contributed by atoms with Crippen LogP contribution in [0.4, 0.5) is 4.79 Å². The topological polar surface area (TPSA) is 76.7 Å². The molecule has 1 fully saturated rings. The first-order valence-electron chi connectivity index (χ1n) is 7.68. The van der Waals surface area contributed by atoms with Crippen molar-refractivity contribution < 1.29 is 19.1 Å². The quantitative estimate of drug-likeness (QED) is 0.609. The van der Waals surface area contributed by atoms with Crippen molar-refractivity contribution in [1.82, 2.24) is 10.6 Å². The lowest BCUT2D eigenvalue weighted by molar-refractivity contribution is -0.150. The van der Waals surface area contributed by atoms with E-state index in [-0.39, 0.29) is 12.7 Å². The van der Waals surface area contributed by atoms with Gasteiger partial charge in [0.05, 0.1) is 18.8 Å². The van der Waals surface area contributed by atoms with E-state index in [1.807, 2.05) is 13.8 Å². The van der Waals surface area contributed by atoms with E-state index in [0.29, 0.717) is 22.9 Å². The number of hydrogen-bond acceptors (Lipinski definition) is 4. The van der Waals surface area contributed by atoms with Crippen LogP contribution in [0.15, 0.2) is 36.5 Å². The van der Waals surface area contributed by atoms with Gasteiger partial charge in [-0.15, -0.1) is 0 Å². The molecule has 0 bridgehead atoms. The summed E-state index contributed by atoms with van der Waals surface area (Å²) in [5, 5.41) is 5.77. The van der Waals surface area contributed by atoms with Crippen LogP contribution in [-0.4, -0.2) is 31.3 Å². The van der Waals surface area contributed by atoms with Crippen LogP contribution in [0.1, 0.15) is 25.5 Å². The first-order valence-corrected chi connectivity index (χ1v) is 8.06. The number of ether oxygens (including phenoxy) is 2. The Morgan fingerprint density at radius 3 is 2.79 bits per heavy atom. The minimum Gasteiger partial charge on any atom is -0.463 e. The summed E-state index contributed by atoms with van der Waals surface area (Å²) >= 11 is 6.01. The van der Waals surface area contributed by atoms with Crippen LogP contribution in [0.5, 0.6) is 0 Å². The molecule has 1 aliphatic heterocycles. The zero-order valence-corrected chi connectivity index (χ0v) is 14.4. The maximum atomic E-state index is 12.5. The van der Waals surface area contributed by atoms with E-state index in [2.05, 4.69) is 17.2 Å². The second-order valence-corrected chi connectivity index (χ2v) is 6.16. The molecule has 0 aromatic heterocycles. The monoisotopic (exact) mass is 352 g/mol. The molecule has 1 saturated heterocycles. The van der Waals surface area contributed by atoms with Crippen LogP contribution in [0.2, 0.25) is 5.02 Å².